The van der Waals surface area contributed by atoms with Crippen molar-refractivity contribution in [1.82, 2.24) is 10.2 Å². The Hall–Kier alpha value is -0.130. The summed E-state index contributed by atoms with van der Waals surface area (Å²) in [5, 5.41) is 3.45. The summed E-state index contributed by atoms with van der Waals surface area (Å²) in [6, 6.07) is 9.47. The molecule has 1 heterocycles. The second-order valence-corrected chi connectivity index (χ2v) is 6.13. The average Bonchev–Trinajstić information content (AvgIpc) is 2.42. The number of rotatable bonds is 5. The standard InChI is InChI=1S/C15H23IN2/c1-2-3-8-15(18-11-9-17-10-12-18)13-6-4-5-7-14(13)16/h4-7,15,17H,2-3,8-12H2,1H3/t15-/m1/s1. The van der Waals surface area contributed by atoms with E-state index in [2.05, 4.69) is 64.0 Å². The molecule has 0 amide bonds. The third-order valence-electron chi connectivity index (χ3n) is 3.69. The van der Waals surface area contributed by atoms with Crippen LogP contribution in [0.1, 0.15) is 37.8 Å². The van der Waals surface area contributed by atoms with Crippen molar-refractivity contribution in [2.45, 2.75) is 32.2 Å². The molecule has 100 valence electrons. The lowest BCUT2D eigenvalue weighted by molar-refractivity contribution is 0.162. The van der Waals surface area contributed by atoms with E-state index in [1.54, 1.807) is 0 Å². The second kappa shape index (κ2) is 7.46. The first-order valence-corrected chi connectivity index (χ1v) is 8.10. The first kappa shape index (κ1) is 14.3. The Bertz CT molecular complexity index is 361. The SMILES string of the molecule is CCCC[C@H](c1ccccc1I)N1CCNCC1. The second-order valence-electron chi connectivity index (χ2n) is 4.97. The molecule has 0 aliphatic carbocycles. The molecule has 2 rings (SSSR count). The van der Waals surface area contributed by atoms with E-state index >= 15 is 0 Å². The van der Waals surface area contributed by atoms with Gasteiger partial charge in [-0.1, -0.05) is 38.0 Å². The largest absolute Gasteiger partial charge is 0.314 e. The van der Waals surface area contributed by atoms with Crippen LogP contribution in [0.3, 0.4) is 0 Å². The van der Waals surface area contributed by atoms with Gasteiger partial charge in [-0.05, 0) is 40.6 Å². The van der Waals surface area contributed by atoms with Crippen LogP contribution < -0.4 is 5.32 Å². The molecule has 1 atom stereocenters. The van der Waals surface area contributed by atoms with Gasteiger partial charge in [-0.2, -0.15) is 0 Å². The predicted octanol–water partition coefficient (Wildman–Crippen LogP) is 3.43. The molecule has 0 saturated carbocycles. The van der Waals surface area contributed by atoms with Gasteiger partial charge in [0.2, 0.25) is 0 Å². The van der Waals surface area contributed by atoms with Gasteiger partial charge in [0, 0.05) is 35.8 Å². The van der Waals surface area contributed by atoms with Gasteiger partial charge in [0.25, 0.3) is 0 Å². The van der Waals surface area contributed by atoms with Crippen LogP contribution in [0.15, 0.2) is 24.3 Å². The Morgan fingerprint density at radius 2 is 2.00 bits per heavy atom. The number of nitrogens with one attached hydrogen (secondary N) is 1. The highest BCUT2D eigenvalue weighted by molar-refractivity contribution is 14.1. The number of piperazine rings is 1. The molecule has 0 unspecified atom stereocenters. The zero-order valence-electron chi connectivity index (χ0n) is 11.2. The summed E-state index contributed by atoms with van der Waals surface area (Å²) in [6.45, 7) is 6.90. The van der Waals surface area contributed by atoms with E-state index in [1.807, 2.05) is 0 Å². The molecule has 0 aromatic heterocycles. The smallest absolute Gasteiger partial charge is 0.0359 e. The van der Waals surface area contributed by atoms with E-state index in [0.29, 0.717) is 6.04 Å². The number of hydrogen-bond donors (Lipinski definition) is 1. The summed E-state index contributed by atoms with van der Waals surface area (Å²) in [6.07, 6.45) is 3.89. The quantitative estimate of drug-likeness (QED) is 0.812. The number of halogens is 1. The first-order chi connectivity index (χ1) is 8.83. The van der Waals surface area contributed by atoms with E-state index in [0.717, 1.165) is 13.1 Å². The number of hydrogen-bond acceptors (Lipinski definition) is 2. The van der Waals surface area contributed by atoms with Crippen molar-refractivity contribution in [2.24, 2.45) is 0 Å². The van der Waals surface area contributed by atoms with Crippen molar-refractivity contribution < 1.29 is 0 Å². The van der Waals surface area contributed by atoms with Crippen LogP contribution in [0, 0.1) is 3.57 Å². The Labute approximate surface area is 124 Å². The van der Waals surface area contributed by atoms with Crippen molar-refractivity contribution >= 4 is 22.6 Å². The Morgan fingerprint density at radius 3 is 2.67 bits per heavy atom. The van der Waals surface area contributed by atoms with Crippen LogP contribution in [-0.2, 0) is 0 Å². The van der Waals surface area contributed by atoms with Crippen molar-refractivity contribution in [3.63, 3.8) is 0 Å². The molecule has 3 heteroatoms. The van der Waals surface area contributed by atoms with Gasteiger partial charge in [-0.15, -0.1) is 0 Å². The topological polar surface area (TPSA) is 15.3 Å². The summed E-state index contributed by atoms with van der Waals surface area (Å²) in [5.41, 5.74) is 1.52. The molecule has 2 nitrogen and oxygen atoms in total. The van der Waals surface area contributed by atoms with Crippen LogP contribution >= 0.6 is 22.6 Å². The van der Waals surface area contributed by atoms with Gasteiger partial charge in [0.05, 0.1) is 0 Å². The Balaban J connectivity index is 2.15. The zero-order chi connectivity index (χ0) is 12.8. The molecule has 1 saturated heterocycles. The molecule has 1 aliphatic rings. The van der Waals surface area contributed by atoms with Gasteiger partial charge in [-0.3, -0.25) is 4.90 Å². The number of unbranched alkanes of at least 4 members (excludes halogenated alkanes) is 1. The minimum atomic E-state index is 0.611. The molecule has 0 bridgehead atoms. The highest BCUT2D eigenvalue weighted by Crippen LogP contribution is 2.29. The molecular formula is C15H23IN2. The fourth-order valence-corrected chi connectivity index (χ4v) is 3.42. The van der Waals surface area contributed by atoms with Gasteiger partial charge < -0.3 is 5.32 Å². The summed E-state index contributed by atoms with van der Waals surface area (Å²) in [7, 11) is 0. The van der Waals surface area contributed by atoms with Gasteiger partial charge >= 0.3 is 0 Å². The molecule has 1 N–H and O–H groups in total. The molecule has 1 aromatic carbocycles. The predicted molar refractivity (Wildman–Crippen MR) is 85.9 cm³/mol. The van der Waals surface area contributed by atoms with Crippen molar-refractivity contribution in [3.8, 4) is 0 Å². The third kappa shape index (κ3) is 3.68. The molecule has 0 spiro atoms. The van der Waals surface area contributed by atoms with Crippen LogP contribution in [0.2, 0.25) is 0 Å². The monoisotopic (exact) mass is 358 g/mol. The molecule has 18 heavy (non-hydrogen) atoms. The van der Waals surface area contributed by atoms with E-state index in [-0.39, 0.29) is 0 Å². The lowest BCUT2D eigenvalue weighted by Crippen LogP contribution is -2.45. The average molecular weight is 358 g/mol. The maximum atomic E-state index is 3.45. The molecule has 1 aliphatic heterocycles. The van der Waals surface area contributed by atoms with E-state index in [1.165, 1.54) is 41.5 Å². The summed E-state index contributed by atoms with van der Waals surface area (Å²) in [4.78, 5) is 2.66. The van der Waals surface area contributed by atoms with Crippen molar-refractivity contribution in [2.75, 3.05) is 26.2 Å². The van der Waals surface area contributed by atoms with Crippen molar-refractivity contribution in [3.05, 3.63) is 33.4 Å². The van der Waals surface area contributed by atoms with Gasteiger partial charge in [-0.25, -0.2) is 0 Å². The molecule has 1 aromatic rings. The third-order valence-corrected chi connectivity index (χ3v) is 4.67. The fraction of sp³-hybridized carbons (Fsp3) is 0.600. The van der Waals surface area contributed by atoms with Crippen LogP contribution in [0.5, 0.6) is 0 Å². The van der Waals surface area contributed by atoms with E-state index in [4.69, 9.17) is 0 Å². The fourth-order valence-electron chi connectivity index (χ4n) is 2.67. The summed E-state index contributed by atoms with van der Waals surface area (Å²) < 4.78 is 1.41. The lowest BCUT2D eigenvalue weighted by atomic mass is 9.99. The number of benzene rings is 1. The highest BCUT2D eigenvalue weighted by Gasteiger charge is 2.22. The van der Waals surface area contributed by atoms with E-state index < -0.39 is 0 Å². The normalized spacial score (nSPS) is 18.8. The summed E-state index contributed by atoms with van der Waals surface area (Å²) in [5.74, 6) is 0. The zero-order valence-corrected chi connectivity index (χ0v) is 13.3. The van der Waals surface area contributed by atoms with Gasteiger partial charge in [0.15, 0.2) is 0 Å². The number of nitrogens with zero attached hydrogens (tertiary/aromatic N) is 1. The Kier molecular flexibility index (Phi) is 5.92. The minimum Gasteiger partial charge on any atom is -0.314 e. The Morgan fingerprint density at radius 1 is 1.28 bits per heavy atom. The van der Waals surface area contributed by atoms with Gasteiger partial charge in [0.1, 0.15) is 0 Å². The molecular weight excluding hydrogens is 335 g/mol. The lowest BCUT2D eigenvalue weighted by Gasteiger charge is -2.35. The van der Waals surface area contributed by atoms with Crippen LogP contribution in [0.4, 0.5) is 0 Å². The highest BCUT2D eigenvalue weighted by atomic mass is 127. The van der Waals surface area contributed by atoms with Crippen LogP contribution in [0.25, 0.3) is 0 Å². The van der Waals surface area contributed by atoms with Crippen molar-refractivity contribution in [1.29, 1.82) is 0 Å². The minimum absolute atomic E-state index is 0.611. The molecule has 1 fully saturated rings. The molecule has 0 radical (unpaired) electrons. The summed E-state index contributed by atoms with van der Waals surface area (Å²) >= 11 is 2.48. The van der Waals surface area contributed by atoms with E-state index in [9.17, 15) is 0 Å². The maximum absolute atomic E-state index is 3.45. The van der Waals surface area contributed by atoms with Crippen LogP contribution in [-0.4, -0.2) is 31.1 Å². The first-order valence-electron chi connectivity index (χ1n) is 7.02. The maximum Gasteiger partial charge on any atom is 0.0359 e.